The fourth-order valence-electron chi connectivity index (χ4n) is 11.2. The molecule has 53 heavy (non-hydrogen) atoms. The first-order valence-electron chi connectivity index (χ1n) is 18.6. The topological polar surface area (TPSA) is 21.3 Å². The van der Waals surface area contributed by atoms with E-state index in [0.717, 1.165) is 16.6 Å². The predicted octanol–water partition coefficient (Wildman–Crippen LogP) is 10.8. The monoisotopic (exact) mass is 670 g/mol. The summed E-state index contributed by atoms with van der Waals surface area (Å²) >= 11 is 0. The number of hydrogen-bond donors (Lipinski definition) is 0. The van der Waals surface area contributed by atoms with Crippen LogP contribution in [0.2, 0.25) is 0 Å². The molecule has 3 nitrogen and oxygen atoms in total. The first-order valence-corrected chi connectivity index (χ1v) is 18.6. The first-order chi connectivity index (χ1) is 26.3. The van der Waals surface area contributed by atoms with E-state index in [1.807, 2.05) is 0 Å². The maximum Gasteiger partial charge on any atom is 0.333 e. The number of rotatable bonds is 0. The molecular formula is C49H27BN2O. The normalized spacial score (nSPS) is 14.9. The molecule has 0 N–H and O–H groups in total. The van der Waals surface area contributed by atoms with Crippen molar-refractivity contribution in [2.24, 2.45) is 0 Å². The molecule has 14 rings (SSSR count). The maximum absolute atomic E-state index is 6.79. The molecule has 0 amide bonds. The Balaban J connectivity index is 1.23. The van der Waals surface area contributed by atoms with Crippen LogP contribution in [0.25, 0.3) is 66.0 Å². The van der Waals surface area contributed by atoms with Crippen LogP contribution in [0.15, 0.2) is 168 Å². The van der Waals surface area contributed by atoms with Crippen molar-refractivity contribution in [3.8, 4) is 22.3 Å². The molecule has 0 unspecified atom stereocenters. The van der Waals surface area contributed by atoms with E-state index in [9.17, 15) is 0 Å². The predicted molar refractivity (Wildman–Crippen MR) is 218 cm³/mol. The summed E-state index contributed by atoms with van der Waals surface area (Å²) < 4.78 is 9.44. The summed E-state index contributed by atoms with van der Waals surface area (Å²) in [5.74, 6) is 0. The number of benzene rings is 8. The van der Waals surface area contributed by atoms with Crippen LogP contribution < -0.4 is 15.8 Å². The van der Waals surface area contributed by atoms with Crippen molar-refractivity contribution in [3.05, 3.63) is 186 Å². The van der Waals surface area contributed by atoms with Crippen LogP contribution in [0, 0.1) is 0 Å². The van der Waals surface area contributed by atoms with Crippen molar-refractivity contribution in [1.29, 1.82) is 0 Å². The van der Waals surface area contributed by atoms with Gasteiger partial charge < -0.3 is 13.8 Å². The average Bonchev–Trinajstić information content (AvgIpc) is 3.85. The van der Waals surface area contributed by atoms with Gasteiger partial charge in [-0.05, 0) is 91.0 Å². The van der Waals surface area contributed by atoms with Crippen molar-refractivity contribution < 1.29 is 4.42 Å². The van der Waals surface area contributed by atoms with E-state index in [-0.39, 0.29) is 6.85 Å². The van der Waals surface area contributed by atoms with E-state index in [4.69, 9.17) is 4.42 Å². The summed E-state index contributed by atoms with van der Waals surface area (Å²) in [6.07, 6.45) is 0. The van der Waals surface area contributed by atoms with Gasteiger partial charge in [0.05, 0.1) is 16.6 Å². The Hall–Kier alpha value is -6.78. The minimum absolute atomic E-state index is 0.0686. The number of para-hydroxylation sites is 4. The fraction of sp³-hybridized carbons (Fsp3) is 0.0204. The van der Waals surface area contributed by atoms with Crippen molar-refractivity contribution in [2.45, 2.75) is 5.41 Å². The van der Waals surface area contributed by atoms with Gasteiger partial charge in [-0.25, -0.2) is 0 Å². The van der Waals surface area contributed by atoms with Crippen LogP contribution in [0.3, 0.4) is 0 Å². The Morgan fingerprint density at radius 1 is 0.491 bits per heavy atom. The van der Waals surface area contributed by atoms with Crippen LogP contribution in [-0.2, 0) is 5.41 Å². The van der Waals surface area contributed by atoms with Crippen molar-refractivity contribution in [2.75, 3.05) is 4.90 Å². The van der Waals surface area contributed by atoms with Crippen molar-refractivity contribution >= 4 is 78.6 Å². The summed E-state index contributed by atoms with van der Waals surface area (Å²) in [4.78, 5) is 2.62. The molecule has 1 aliphatic carbocycles. The van der Waals surface area contributed by atoms with Gasteiger partial charge in [0, 0.05) is 33.2 Å². The van der Waals surface area contributed by atoms with Crippen molar-refractivity contribution in [1.82, 2.24) is 4.48 Å². The van der Waals surface area contributed by atoms with Gasteiger partial charge in [0.2, 0.25) is 0 Å². The van der Waals surface area contributed by atoms with Gasteiger partial charge >= 0.3 is 6.85 Å². The quantitative estimate of drug-likeness (QED) is 0.150. The number of aromatic nitrogens is 1. The highest BCUT2D eigenvalue weighted by Gasteiger charge is 2.55. The fourth-order valence-corrected chi connectivity index (χ4v) is 11.2. The van der Waals surface area contributed by atoms with Crippen LogP contribution >= 0.6 is 0 Å². The molecule has 0 saturated carbocycles. The number of anilines is 3. The second-order valence-electron chi connectivity index (χ2n) is 15.1. The molecular weight excluding hydrogens is 643 g/mol. The van der Waals surface area contributed by atoms with E-state index in [1.165, 1.54) is 99.7 Å². The zero-order valence-electron chi connectivity index (χ0n) is 28.5. The molecule has 0 fully saturated rings. The number of nitrogens with zero attached hydrogens (tertiary/aromatic N) is 2. The van der Waals surface area contributed by atoms with E-state index >= 15 is 0 Å². The Labute approximate surface area is 305 Å². The van der Waals surface area contributed by atoms with E-state index in [1.54, 1.807) is 0 Å². The molecule has 2 aromatic heterocycles. The standard InChI is InChI=1S/C49H27BN2O/c1-2-14-29-28(13-1)27-41-44-43(29)33-18-11-19-34-45(33)52(46-32-17-5-10-26-42(32)53-48(34)46)50(44)39-24-12-23-38-47(39)51(41)40-25-9-8-22-37(40)49(38)35-20-6-3-15-30(35)31-16-4-7-21-36(31)49/h1-27H. The number of furan rings is 1. The van der Waals surface area contributed by atoms with Crippen molar-refractivity contribution in [3.63, 3.8) is 0 Å². The van der Waals surface area contributed by atoms with Gasteiger partial charge in [-0.1, -0.05) is 133 Å². The molecule has 242 valence electrons. The highest BCUT2D eigenvalue weighted by Crippen LogP contribution is 2.64. The lowest BCUT2D eigenvalue weighted by atomic mass is 9.43. The zero-order valence-corrected chi connectivity index (χ0v) is 28.5. The second kappa shape index (κ2) is 8.98. The third kappa shape index (κ3) is 2.85. The first kappa shape index (κ1) is 27.0. The summed E-state index contributed by atoms with van der Waals surface area (Å²) in [5.41, 5.74) is 20.9. The minimum Gasteiger partial charge on any atom is -0.454 e. The van der Waals surface area contributed by atoms with Gasteiger partial charge in [-0.15, -0.1) is 0 Å². The molecule has 5 heterocycles. The van der Waals surface area contributed by atoms with Gasteiger partial charge in [-0.3, -0.25) is 0 Å². The SMILES string of the molecule is c1ccc2c(c1)-c1ccccc1C21c2ccccc2N2c3cc4ccccc4c4c3B(c3cccc1c32)n1c2c-4cccc2c2oc3ccccc3c21. The summed E-state index contributed by atoms with van der Waals surface area (Å²) in [6.45, 7) is -0.0686. The molecule has 3 aliphatic heterocycles. The third-order valence-electron chi connectivity index (χ3n) is 12.9. The van der Waals surface area contributed by atoms with Crippen LogP contribution in [0.1, 0.15) is 22.3 Å². The Kier molecular flexibility index (Phi) is 4.57. The van der Waals surface area contributed by atoms with E-state index in [0.29, 0.717) is 0 Å². The maximum atomic E-state index is 6.79. The summed E-state index contributed by atoms with van der Waals surface area (Å²) in [7, 11) is 0. The molecule has 0 atom stereocenters. The number of fused-ring (bicyclic) bond motifs is 20. The van der Waals surface area contributed by atoms with Gasteiger partial charge in [0.15, 0.2) is 5.58 Å². The Morgan fingerprint density at radius 3 is 1.98 bits per heavy atom. The van der Waals surface area contributed by atoms with E-state index in [2.05, 4.69) is 173 Å². The molecule has 8 aromatic carbocycles. The largest absolute Gasteiger partial charge is 0.454 e. The van der Waals surface area contributed by atoms with Crippen LogP contribution in [0.5, 0.6) is 0 Å². The third-order valence-corrected chi connectivity index (χ3v) is 12.9. The molecule has 0 bridgehead atoms. The lowest BCUT2D eigenvalue weighted by Crippen LogP contribution is -2.58. The van der Waals surface area contributed by atoms with E-state index < -0.39 is 5.41 Å². The molecule has 4 aliphatic rings. The second-order valence-corrected chi connectivity index (χ2v) is 15.1. The smallest absolute Gasteiger partial charge is 0.333 e. The molecule has 4 heteroatoms. The number of hydrogen-bond acceptors (Lipinski definition) is 2. The molecule has 0 radical (unpaired) electrons. The summed E-state index contributed by atoms with van der Waals surface area (Å²) in [5, 5.41) is 4.86. The van der Waals surface area contributed by atoms with Gasteiger partial charge in [-0.2, -0.15) is 0 Å². The molecule has 0 saturated heterocycles. The summed E-state index contributed by atoms with van der Waals surface area (Å²) in [6, 6.07) is 61.3. The Bertz CT molecular complexity index is 3280. The van der Waals surface area contributed by atoms with Crippen LogP contribution in [0.4, 0.5) is 17.1 Å². The average molecular weight is 671 g/mol. The van der Waals surface area contributed by atoms with Gasteiger partial charge in [0.1, 0.15) is 5.58 Å². The lowest BCUT2D eigenvalue weighted by molar-refractivity contribution is 0.673. The highest BCUT2D eigenvalue weighted by atomic mass is 16.3. The Morgan fingerprint density at radius 2 is 1.13 bits per heavy atom. The molecule has 1 spiro atoms. The van der Waals surface area contributed by atoms with Gasteiger partial charge in [0.25, 0.3) is 0 Å². The van der Waals surface area contributed by atoms with Crippen LogP contribution in [-0.4, -0.2) is 11.3 Å². The lowest BCUT2D eigenvalue weighted by Gasteiger charge is -2.49. The minimum atomic E-state index is -0.473. The zero-order chi connectivity index (χ0) is 34.2. The highest BCUT2D eigenvalue weighted by molar-refractivity contribution is 6.90. The molecule has 10 aromatic rings.